The highest BCUT2D eigenvalue weighted by atomic mass is 14.9. The number of hydrogen-bond acceptors (Lipinski definition) is 2. The van der Waals surface area contributed by atoms with Crippen LogP contribution in [0.1, 0.15) is 37.7 Å². The molecule has 0 saturated carbocycles. The molecule has 0 radical (unpaired) electrons. The number of rotatable bonds is 2. The zero-order valence-corrected chi connectivity index (χ0v) is 12.0. The van der Waals surface area contributed by atoms with Crippen LogP contribution >= 0.6 is 0 Å². The van der Waals surface area contributed by atoms with E-state index in [0.717, 1.165) is 5.92 Å². The summed E-state index contributed by atoms with van der Waals surface area (Å²) < 4.78 is 0. The van der Waals surface area contributed by atoms with Crippen molar-refractivity contribution in [2.75, 3.05) is 26.2 Å². The minimum absolute atomic E-state index is 0.906. The molecule has 1 aromatic carbocycles. The van der Waals surface area contributed by atoms with Crippen molar-refractivity contribution < 1.29 is 0 Å². The highest BCUT2D eigenvalue weighted by Crippen LogP contribution is 2.17. The van der Waals surface area contributed by atoms with Crippen LogP contribution in [-0.4, -0.2) is 26.2 Å². The Morgan fingerprint density at radius 2 is 1.42 bits per heavy atom. The second-order valence-electron chi connectivity index (χ2n) is 5.69. The van der Waals surface area contributed by atoms with Gasteiger partial charge in [-0.3, -0.25) is 0 Å². The van der Waals surface area contributed by atoms with Crippen LogP contribution in [0.4, 0.5) is 0 Å². The lowest BCUT2D eigenvalue weighted by Crippen LogP contribution is -2.28. The van der Waals surface area contributed by atoms with Crippen LogP contribution in [0.15, 0.2) is 30.3 Å². The molecule has 19 heavy (non-hydrogen) atoms. The molecule has 1 aromatic rings. The van der Waals surface area contributed by atoms with Gasteiger partial charge in [-0.2, -0.15) is 0 Å². The van der Waals surface area contributed by atoms with E-state index in [1.807, 2.05) is 0 Å². The summed E-state index contributed by atoms with van der Waals surface area (Å²) in [6.45, 7) is 4.91. The molecule has 3 rings (SSSR count). The molecule has 2 heteroatoms. The zero-order valence-electron chi connectivity index (χ0n) is 12.0. The molecular weight excluding hydrogens is 232 g/mol. The van der Waals surface area contributed by atoms with Gasteiger partial charge in [0, 0.05) is 0 Å². The van der Waals surface area contributed by atoms with E-state index in [9.17, 15) is 0 Å². The van der Waals surface area contributed by atoms with Gasteiger partial charge in [0.1, 0.15) is 0 Å². The van der Waals surface area contributed by atoms with E-state index in [4.69, 9.17) is 0 Å². The Hall–Kier alpha value is -0.860. The third kappa shape index (κ3) is 6.22. The monoisotopic (exact) mass is 260 g/mol. The largest absolute Gasteiger partial charge is 0.317 e. The van der Waals surface area contributed by atoms with Gasteiger partial charge in [0.05, 0.1) is 0 Å². The predicted octanol–water partition coefficient (Wildman–Crippen LogP) is 2.99. The smallest absolute Gasteiger partial charge is 0.00462 e. The third-order valence-corrected chi connectivity index (χ3v) is 4.03. The van der Waals surface area contributed by atoms with Crippen molar-refractivity contribution in [2.24, 2.45) is 5.92 Å². The third-order valence-electron chi connectivity index (χ3n) is 4.03. The first-order valence-electron chi connectivity index (χ1n) is 7.90. The van der Waals surface area contributed by atoms with Gasteiger partial charge in [0.15, 0.2) is 0 Å². The summed E-state index contributed by atoms with van der Waals surface area (Å²) in [6.07, 6.45) is 8.17. The summed E-state index contributed by atoms with van der Waals surface area (Å²) in [5.41, 5.74) is 1.49. The Morgan fingerprint density at radius 3 is 1.95 bits per heavy atom. The minimum atomic E-state index is 0.906. The Bertz CT molecular complexity index is 302. The lowest BCUT2D eigenvalue weighted by Gasteiger charge is -2.22. The van der Waals surface area contributed by atoms with Crippen molar-refractivity contribution in [2.45, 2.75) is 38.5 Å². The average molecular weight is 260 g/mol. The molecule has 2 aliphatic heterocycles. The number of nitrogens with one attached hydrogen (secondary N) is 2. The summed E-state index contributed by atoms with van der Waals surface area (Å²) in [6, 6.07) is 10.8. The molecule has 0 aromatic heterocycles. The highest BCUT2D eigenvalue weighted by Gasteiger charge is 2.12. The molecule has 0 atom stereocenters. The van der Waals surface area contributed by atoms with E-state index < -0.39 is 0 Å². The lowest BCUT2D eigenvalue weighted by molar-refractivity contribution is 0.372. The van der Waals surface area contributed by atoms with Gasteiger partial charge < -0.3 is 10.6 Å². The van der Waals surface area contributed by atoms with Crippen LogP contribution in [-0.2, 0) is 6.42 Å². The highest BCUT2D eigenvalue weighted by molar-refractivity contribution is 5.15. The lowest BCUT2D eigenvalue weighted by atomic mass is 9.91. The molecule has 2 aliphatic rings. The Labute approximate surface area is 118 Å². The van der Waals surface area contributed by atoms with Gasteiger partial charge in [-0.15, -0.1) is 0 Å². The molecule has 0 spiro atoms. The molecule has 2 saturated heterocycles. The summed E-state index contributed by atoms with van der Waals surface area (Å²) >= 11 is 0. The molecule has 2 fully saturated rings. The summed E-state index contributed by atoms with van der Waals surface area (Å²) in [5.74, 6) is 0.906. The summed E-state index contributed by atoms with van der Waals surface area (Å²) in [4.78, 5) is 0. The van der Waals surface area contributed by atoms with E-state index in [0.29, 0.717) is 0 Å². The maximum absolute atomic E-state index is 3.40. The quantitative estimate of drug-likeness (QED) is 0.854. The summed E-state index contributed by atoms with van der Waals surface area (Å²) in [5, 5.41) is 6.69. The van der Waals surface area contributed by atoms with Crippen LogP contribution in [0.2, 0.25) is 0 Å². The first-order valence-corrected chi connectivity index (χ1v) is 7.90. The molecular formula is C17H28N2. The maximum atomic E-state index is 3.40. The second kappa shape index (κ2) is 9.11. The normalized spacial score (nSPS) is 20.4. The fourth-order valence-electron chi connectivity index (χ4n) is 2.84. The molecule has 0 bridgehead atoms. The minimum Gasteiger partial charge on any atom is -0.317 e. The van der Waals surface area contributed by atoms with Gasteiger partial charge in [0.25, 0.3) is 0 Å². The van der Waals surface area contributed by atoms with E-state index in [1.54, 1.807) is 0 Å². The fraction of sp³-hybridized carbons (Fsp3) is 0.647. The molecule has 2 N–H and O–H groups in total. The Balaban J connectivity index is 0.000000186. The van der Waals surface area contributed by atoms with Crippen molar-refractivity contribution in [3.63, 3.8) is 0 Å². The summed E-state index contributed by atoms with van der Waals surface area (Å²) in [7, 11) is 0. The first-order chi connectivity index (χ1) is 9.45. The van der Waals surface area contributed by atoms with Crippen molar-refractivity contribution in [1.82, 2.24) is 10.6 Å². The van der Waals surface area contributed by atoms with Crippen LogP contribution in [0.3, 0.4) is 0 Å². The average Bonchev–Trinajstić information content (AvgIpc) is 2.52. The zero-order chi connectivity index (χ0) is 13.2. The molecule has 0 amide bonds. The number of benzene rings is 1. The fourth-order valence-corrected chi connectivity index (χ4v) is 2.84. The SMILES string of the molecule is C1CCNCC1.c1ccc(CC2CCNCC2)cc1. The Morgan fingerprint density at radius 1 is 0.789 bits per heavy atom. The molecule has 0 unspecified atom stereocenters. The van der Waals surface area contributed by atoms with Gasteiger partial charge in [0.2, 0.25) is 0 Å². The van der Waals surface area contributed by atoms with Gasteiger partial charge >= 0.3 is 0 Å². The first kappa shape index (κ1) is 14.5. The van der Waals surface area contributed by atoms with Crippen LogP contribution in [0, 0.1) is 5.92 Å². The van der Waals surface area contributed by atoms with Crippen LogP contribution < -0.4 is 10.6 Å². The van der Waals surface area contributed by atoms with Crippen molar-refractivity contribution in [3.8, 4) is 0 Å². The van der Waals surface area contributed by atoms with E-state index in [-0.39, 0.29) is 0 Å². The van der Waals surface area contributed by atoms with Crippen molar-refractivity contribution >= 4 is 0 Å². The van der Waals surface area contributed by atoms with Crippen molar-refractivity contribution in [1.29, 1.82) is 0 Å². The van der Waals surface area contributed by atoms with E-state index >= 15 is 0 Å². The van der Waals surface area contributed by atoms with E-state index in [2.05, 4.69) is 41.0 Å². The molecule has 2 nitrogen and oxygen atoms in total. The molecule has 106 valence electrons. The standard InChI is InChI=1S/C12H17N.C5H11N/c1-2-4-11(5-3-1)10-12-6-8-13-9-7-12;1-2-4-6-5-3-1/h1-5,12-13H,6-10H2;6H,1-5H2. The van der Waals surface area contributed by atoms with Gasteiger partial charge in [-0.1, -0.05) is 36.8 Å². The second-order valence-corrected chi connectivity index (χ2v) is 5.69. The van der Waals surface area contributed by atoms with Crippen LogP contribution in [0.5, 0.6) is 0 Å². The van der Waals surface area contributed by atoms with Gasteiger partial charge in [-0.25, -0.2) is 0 Å². The van der Waals surface area contributed by atoms with E-state index in [1.165, 1.54) is 70.3 Å². The predicted molar refractivity (Wildman–Crippen MR) is 82.5 cm³/mol. The number of hydrogen-bond donors (Lipinski definition) is 2. The van der Waals surface area contributed by atoms with Crippen molar-refractivity contribution in [3.05, 3.63) is 35.9 Å². The molecule has 2 heterocycles. The topological polar surface area (TPSA) is 24.1 Å². The van der Waals surface area contributed by atoms with Gasteiger partial charge in [-0.05, 0) is 69.8 Å². The maximum Gasteiger partial charge on any atom is -0.00462 e. The Kier molecular flexibility index (Phi) is 6.97. The molecule has 0 aliphatic carbocycles. The number of piperidine rings is 2. The van der Waals surface area contributed by atoms with Crippen LogP contribution in [0.25, 0.3) is 0 Å².